The minimum absolute atomic E-state index is 0. The number of fused-ring (bicyclic) bond motifs is 1. The van der Waals surface area contributed by atoms with Crippen molar-refractivity contribution in [1.82, 2.24) is 15.5 Å². The highest BCUT2D eigenvalue weighted by Gasteiger charge is 2.38. The molecule has 3 unspecified atom stereocenters. The third kappa shape index (κ3) is 3.54. The van der Waals surface area contributed by atoms with Gasteiger partial charge in [0.05, 0.1) is 6.04 Å². The summed E-state index contributed by atoms with van der Waals surface area (Å²) in [5.74, 6) is 1.59. The van der Waals surface area contributed by atoms with Crippen LogP contribution in [-0.2, 0) is 6.61 Å². The highest BCUT2D eigenvalue weighted by atomic mass is 35.5. The number of halogens is 2. The molecule has 4 rings (SSSR count). The van der Waals surface area contributed by atoms with Gasteiger partial charge >= 0.3 is 0 Å². The van der Waals surface area contributed by atoms with Gasteiger partial charge < -0.3 is 14.6 Å². The van der Waals surface area contributed by atoms with E-state index in [1.165, 1.54) is 31.7 Å². The van der Waals surface area contributed by atoms with E-state index in [-0.39, 0.29) is 30.8 Å². The number of nitrogens with one attached hydrogen (secondary N) is 1. The number of ether oxygens (including phenoxy) is 1. The second-order valence-corrected chi connectivity index (χ2v) is 6.37. The van der Waals surface area contributed by atoms with E-state index >= 15 is 0 Å². The summed E-state index contributed by atoms with van der Waals surface area (Å²) >= 11 is 0. The zero-order chi connectivity index (χ0) is 15.6. The molecule has 0 spiro atoms. The third-order valence-electron chi connectivity index (χ3n) is 4.84. The zero-order valence-electron chi connectivity index (χ0n) is 13.3. The molecular weight excluding hydrogens is 333 g/mol. The summed E-state index contributed by atoms with van der Waals surface area (Å²) in [6, 6.07) is 7.02. The average molecular weight is 354 g/mol. The van der Waals surface area contributed by atoms with E-state index in [2.05, 4.69) is 15.5 Å². The van der Waals surface area contributed by atoms with Crippen LogP contribution < -0.4 is 10.1 Å². The molecule has 1 aliphatic heterocycles. The summed E-state index contributed by atoms with van der Waals surface area (Å²) in [5, 5.41) is 7.56. The Morgan fingerprint density at radius 1 is 1.25 bits per heavy atom. The van der Waals surface area contributed by atoms with E-state index in [4.69, 9.17) is 9.26 Å². The second-order valence-electron chi connectivity index (χ2n) is 6.37. The molecule has 0 amide bonds. The number of aromatic nitrogens is 2. The molecule has 2 aromatic rings. The maximum Gasteiger partial charge on any atom is 0.243 e. The van der Waals surface area contributed by atoms with Gasteiger partial charge in [-0.25, -0.2) is 4.39 Å². The monoisotopic (exact) mass is 353 g/mol. The van der Waals surface area contributed by atoms with Gasteiger partial charge in [-0.15, -0.1) is 12.4 Å². The largest absolute Gasteiger partial charge is 0.482 e. The van der Waals surface area contributed by atoms with Gasteiger partial charge in [0.1, 0.15) is 0 Å². The summed E-state index contributed by atoms with van der Waals surface area (Å²) in [6.45, 7) is 0.101. The van der Waals surface area contributed by atoms with E-state index in [9.17, 15) is 4.39 Å². The smallest absolute Gasteiger partial charge is 0.243 e. The van der Waals surface area contributed by atoms with Gasteiger partial charge in [-0.2, -0.15) is 4.98 Å². The van der Waals surface area contributed by atoms with Crippen LogP contribution in [0.25, 0.3) is 0 Å². The summed E-state index contributed by atoms with van der Waals surface area (Å²) in [7, 11) is 0. The molecule has 2 heterocycles. The van der Waals surface area contributed by atoms with Crippen molar-refractivity contribution in [1.29, 1.82) is 0 Å². The van der Waals surface area contributed by atoms with Gasteiger partial charge in [-0.1, -0.05) is 30.1 Å². The lowest BCUT2D eigenvalue weighted by molar-refractivity contribution is 0.271. The fourth-order valence-electron chi connectivity index (χ4n) is 3.68. The van der Waals surface area contributed by atoms with Crippen molar-refractivity contribution in [2.75, 3.05) is 0 Å². The molecule has 2 fully saturated rings. The van der Waals surface area contributed by atoms with E-state index in [1.54, 1.807) is 18.2 Å². The van der Waals surface area contributed by atoms with Crippen LogP contribution >= 0.6 is 12.4 Å². The van der Waals surface area contributed by atoms with Gasteiger partial charge in [-0.3, -0.25) is 0 Å². The summed E-state index contributed by atoms with van der Waals surface area (Å²) in [5.41, 5.74) is 0. The quantitative estimate of drug-likeness (QED) is 0.905. The Kier molecular flexibility index (Phi) is 5.36. The van der Waals surface area contributed by atoms with Gasteiger partial charge in [0.2, 0.25) is 11.7 Å². The van der Waals surface area contributed by atoms with E-state index in [0.29, 0.717) is 17.8 Å². The fourth-order valence-corrected chi connectivity index (χ4v) is 3.68. The van der Waals surface area contributed by atoms with E-state index in [1.807, 2.05) is 0 Å². The molecule has 1 aromatic heterocycles. The van der Waals surface area contributed by atoms with Gasteiger partial charge in [0.25, 0.3) is 0 Å². The van der Waals surface area contributed by atoms with Gasteiger partial charge in [-0.05, 0) is 37.3 Å². The predicted molar refractivity (Wildman–Crippen MR) is 88.5 cm³/mol. The number of rotatable bonds is 4. The topological polar surface area (TPSA) is 60.2 Å². The molecule has 1 N–H and O–H groups in total. The van der Waals surface area contributed by atoms with Crippen LogP contribution in [0.15, 0.2) is 28.8 Å². The molecule has 24 heavy (non-hydrogen) atoms. The molecule has 2 aliphatic rings. The predicted octanol–water partition coefficient (Wildman–Crippen LogP) is 3.80. The van der Waals surface area contributed by atoms with Crippen LogP contribution in [0, 0.1) is 11.7 Å². The molecule has 130 valence electrons. The summed E-state index contributed by atoms with van der Waals surface area (Å²) in [4.78, 5) is 4.41. The lowest BCUT2D eigenvalue weighted by Crippen LogP contribution is -2.30. The summed E-state index contributed by atoms with van der Waals surface area (Å²) < 4.78 is 24.3. The van der Waals surface area contributed by atoms with Crippen LogP contribution in [0.5, 0.6) is 5.75 Å². The second kappa shape index (κ2) is 7.49. The lowest BCUT2D eigenvalue weighted by Gasteiger charge is -2.24. The van der Waals surface area contributed by atoms with Crippen molar-refractivity contribution >= 4 is 12.4 Å². The van der Waals surface area contributed by atoms with Crippen LogP contribution in [0.3, 0.4) is 0 Å². The summed E-state index contributed by atoms with van der Waals surface area (Å²) in [6.07, 6.45) is 6.19. The minimum Gasteiger partial charge on any atom is -0.482 e. The number of nitrogens with zero attached hydrogens (tertiary/aromatic N) is 2. The molecule has 1 saturated carbocycles. The van der Waals surface area contributed by atoms with Crippen molar-refractivity contribution in [2.45, 2.75) is 50.8 Å². The molecule has 1 saturated heterocycles. The maximum absolute atomic E-state index is 13.5. The molecule has 3 atom stereocenters. The molecule has 1 aliphatic carbocycles. The first kappa shape index (κ1) is 17.2. The van der Waals surface area contributed by atoms with Crippen molar-refractivity contribution in [2.24, 2.45) is 5.92 Å². The highest BCUT2D eigenvalue weighted by Crippen LogP contribution is 2.38. The Hall–Kier alpha value is -1.66. The molecule has 5 nitrogen and oxygen atoms in total. The number of hydrogen-bond acceptors (Lipinski definition) is 5. The first-order valence-electron chi connectivity index (χ1n) is 8.25. The standard InChI is InChI=1S/C17H20FN3O2.ClH/c18-12-6-2-4-8-15(12)22-10-16-20-17(23-21-16)14-9-11-5-1-3-7-13(11)19-14;/h2,4,6,8,11,13-14,19H,1,3,5,7,9-10H2;1H. The van der Waals surface area contributed by atoms with Crippen molar-refractivity contribution in [3.8, 4) is 5.75 Å². The first-order valence-corrected chi connectivity index (χ1v) is 8.25. The van der Waals surface area contributed by atoms with Crippen LogP contribution in [0.4, 0.5) is 4.39 Å². The molecular formula is C17H21ClFN3O2. The Balaban J connectivity index is 0.00000169. The Morgan fingerprint density at radius 2 is 2.08 bits per heavy atom. The number of para-hydroxylation sites is 1. The molecule has 0 radical (unpaired) electrons. The number of benzene rings is 1. The van der Waals surface area contributed by atoms with Crippen LogP contribution in [0.1, 0.15) is 49.9 Å². The minimum atomic E-state index is -0.391. The van der Waals surface area contributed by atoms with Crippen molar-refractivity contribution in [3.63, 3.8) is 0 Å². The third-order valence-corrected chi connectivity index (χ3v) is 4.84. The van der Waals surface area contributed by atoms with Gasteiger partial charge in [0, 0.05) is 6.04 Å². The lowest BCUT2D eigenvalue weighted by atomic mass is 9.85. The van der Waals surface area contributed by atoms with Crippen molar-refractivity contribution in [3.05, 3.63) is 41.8 Å². The van der Waals surface area contributed by atoms with Crippen molar-refractivity contribution < 1.29 is 13.7 Å². The van der Waals surface area contributed by atoms with Crippen LogP contribution in [-0.4, -0.2) is 16.2 Å². The first-order chi connectivity index (χ1) is 11.3. The molecule has 1 aromatic carbocycles. The molecule has 7 heteroatoms. The van der Waals surface area contributed by atoms with Crippen LogP contribution in [0.2, 0.25) is 0 Å². The fraction of sp³-hybridized carbons (Fsp3) is 0.529. The highest BCUT2D eigenvalue weighted by molar-refractivity contribution is 5.85. The van der Waals surface area contributed by atoms with E-state index in [0.717, 1.165) is 12.3 Å². The van der Waals surface area contributed by atoms with Gasteiger partial charge in [0.15, 0.2) is 18.2 Å². The zero-order valence-corrected chi connectivity index (χ0v) is 14.1. The maximum atomic E-state index is 13.5. The Labute approximate surface area is 146 Å². The average Bonchev–Trinajstić information content (AvgIpc) is 3.20. The molecule has 0 bridgehead atoms. The Morgan fingerprint density at radius 3 is 2.92 bits per heavy atom. The van der Waals surface area contributed by atoms with E-state index < -0.39 is 5.82 Å². The number of hydrogen-bond donors (Lipinski definition) is 1. The Bertz CT molecular complexity index is 667. The normalized spacial score (nSPS) is 25.8. The SMILES string of the molecule is Cl.Fc1ccccc1OCc1noc(C2CC3CCCCC3N2)n1.